The Kier molecular flexibility index (Phi) is 5.44. The van der Waals surface area contributed by atoms with Gasteiger partial charge in [-0.1, -0.05) is 13.8 Å². The first kappa shape index (κ1) is 12.2. The zero-order chi connectivity index (χ0) is 10.4. The number of hydrogen-bond donors (Lipinski definition) is 0. The Balaban J connectivity index is 4.58. The lowest BCUT2D eigenvalue weighted by Crippen LogP contribution is -2.15. The first-order chi connectivity index (χ1) is 6.08. The van der Waals surface area contributed by atoms with Crippen LogP contribution in [0.25, 0.3) is 0 Å². The van der Waals surface area contributed by atoms with Crippen LogP contribution in [-0.4, -0.2) is 12.9 Å². The van der Waals surface area contributed by atoms with Crippen molar-refractivity contribution in [3.05, 3.63) is 11.3 Å². The van der Waals surface area contributed by atoms with E-state index >= 15 is 0 Å². The van der Waals surface area contributed by atoms with Crippen molar-refractivity contribution in [1.29, 1.82) is 0 Å². The third-order valence-electron chi connectivity index (χ3n) is 2.56. The van der Waals surface area contributed by atoms with E-state index in [4.69, 9.17) is 4.74 Å². The summed E-state index contributed by atoms with van der Waals surface area (Å²) < 4.78 is 5.03. The molecule has 0 aromatic heterocycles. The topological polar surface area (TPSA) is 26.3 Å². The average Bonchev–Trinajstić information content (AvgIpc) is 2.17. The summed E-state index contributed by atoms with van der Waals surface area (Å²) in [4.78, 5) is 11.8. The second-order valence-electron chi connectivity index (χ2n) is 3.26. The first-order valence-corrected chi connectivity index (χ1v) is 4.84. The van der Waals surface area contributed by atoms with Crippen LogP contribution in [0.4, 0.5) is 0 Å². The number of carbonyl (C=O) groups is 1. The SMILES string of the molecule is CCC(CC)C(=O)/C(C)=C(/C)OC. The molecule has 0 spiro atoms. The largest absolute Gasteiger partial charge is 0.501 e. The van der Waals surface area contributed by atoms with E-state index in [2.05, 4.69) is 0 Å². The van der Waals surface area contributed by atoms with Crippen LogP contribution >= 0.6 is 0 Å². The van der Waals surface area contributed by atoms with Crippen molar-refractivity contribution in [2.24, 2.45) is 5.92 Å². The lowest BCUT2D eigenvalue weighted by atomic mass is 9.93. The molecule has 13 heavy (non-hydrogen) atoms. The molecule has 0 bridgehead atoms. The normalized spacial score (nSPS) is 12.8. The van der Waals surface area contributed by atoms with E-state index in [9.17, 15) is 4.79 Å². The smallest absolute Gasteiger partial charge is 0.164 e. The van der Waals surface area contributed by atoms with Crippen LogP contribution in [0.15, 0.2) is 11.3 Å². The Bertz CT molecular complexity index is 200. The summed E-state index contributed by atoms with van der Waals surface area (Å²) >= 11 is 0. The van der Waals surface area contributed by atoms with Crippen molar-refractivity contribution in [2.45, 2.75) is 40.5 Å². The number of methoxy groups -OCH3 is 1. The van der Waals surface area contributed by atoms with Crippen molar-refractivity contribution in [3.63, 3.8) is 0 Å². The second kappa shape index (κ2) is 5.79. The van der Waals surface area contributed by atoms with Gasteiger partial charge in [0, 0.05) is 11.5 Å². The summed E-state index contributed by atoms with van der Waals surface area (Å²) in [7, 11) is 1.60. The van der Waals surface area contributed by atoms with Crippen molar-refractivity contribution in [2.75, 3.05) is 7.11 Å². The van der Waals surface area contributed by atoms with Gasteiger partial charge in [0.25, 0.3) is 0 Å². The molecule has 0 unspecified atom stereocenters. The third-order valence-corrected chi connectivity index (χ3v) is 2.56. The highest BCUT2D eigenvalue weighted by molar-refractivity contribution is 5.96. The predicted octanol–water partition coefficient (Wildman–Crippen LogP) is 2.93. The van der Waals surface area contributed by atoms with Gasteiger partial charge in [-0.3, -0.25) is 4.79 Å². The van der Waals surface area contributed by atoms with Crippen LogP contribution < -0.4 is 0 Å². The molecule has 76 valence electrons. The van der Waals surface area contributed by atoms with Gasteiger partial charge in [-0.25, -0.2) is 0 Å². The van der Waals surface area contributed by atoms with Gasteiger partial charge in [0.1, 0.15) is 0 Å². The van der Waals surface area contributed by atoms with Crippen molar-refractivity contribution in [1.82, 2.24) is 0 Å². The molecule has 0 amide bonds. The fourth-order valence-electron chi connectivity index (χ4n) is 1.29. The standard InChI is InChI=1S/C11H20O2/c1-6-10(7-2)11(12)8(3)9(4)13-5/h10H,6-7H2,1-5H3/b9-8-. The quantitative estimate of drug-likeness (QED) is 0.485. The molecule has 0 saturated heterocycles. The number of ether oxygens (including phenoxy) is 1. The monoisotopic (exact) mass is 184 g/mol. The van der Waals surface area contributed by atoms with Gasteiger partial charge in [0.15, 0.2) is 5.78 Å². The molecule has 0 N–H and O–H groups in total. The fourth-order valence-corrected chi connectivity index (χ4v) is 1.29. The summed E-state index contributed by atoms with van der Waals surface area (Å²) in [5.41, 5.74) is 0.760. The van der Waals surface area contributed by atoms with Crippen molar-refractivity contribution < 1.29 is 9.53 Å². The zero-order valence-electron chi connectivity index (χ0n) is 9.31. The Hall–Kier alpha value is -0.790. The van der Waals surface area contributed by atoms with Crippen LogP contribution in [-0.2, 0) is 9.53 Å². The van der Waals surface area contributed by atoms with Gasteiger partial charge in [0.05, 0.1) is 12.9 Å². The highest BCUT2D eigenvalue weighted by Gasteiger charge is 2.17. The Morgan fingerprint density at radius 1 is 1.23 bits per heavy atom. The number of allylic oxidation sites excluding steroid dienone is 2. The summed E-state index contributed by atoms with van der Waals surface area (Å²) in [6.07, 6.45) is 1.81. The van der Waals surface area contributed by atoms with E-state index in [0.29, 0.717) is 0 Å². The van der Waals surface area contributed by atoms with E-state index in [1.165, 1.54) is 0 Å². The molecule has 0 aliphatic rings. The molecule has 2 heteroatoms. The number of Topliss-reactive ketones (excluding diaryl/α,β-unsaturated/α-hetero) is 1. The minimum Gasteiger partial charge on any atom is -0.501 e. The van der Waals surface area contributed by atoms with E-state index < -0.39 is 0 Å². The molecule has 0 fully saturated rings. The summed E-state index contributed by atoms with van der Waals surface area (Å²) in [6, 6.07) is 0. The maximum Gasteiger partial charge on any atom is 0.164 e. The second-order valence-corrected chi connectivity index (χ2v) is 3.26. The van der Waals surface area contributed by atoms with Crippen molar-refractivity contribution >= 4 is 5.78 Å². The van der Waals surface area contributed by atoms with Gasteiger partial charge in [0.2, 0.25) is 0 Å². The highest BCUT2D eigenvalue weighted by Crippen LogP contribution is 2.16. The van der Waals surface area contributed by atoms with E-state index in [0.717, 1.165) is 24.2 Å². The molecule has 0 heterocycles. The third kappa shape index (κ3) is 3.21. The maximum atomic E-state index is 11.8. The summed E-state index contributed by atoms with van der Waals surface area (Å²) in [5.74, 6) is 1.12. The minimum atomic E-state index is 0.157. The zero-order valence-corrected chi connectivity index (χ0v) is 9.31. The van der Waals surface area contributed by atoms with Crippen LogP contribution in [0.1, 0.15) is 40.5 Å². The minimum absolute atomic E-state index is 0.157. The molecule has 0 saturated carbocycles. The van der Waals surface area contributed by atoms with Crippen molar-refractivity contribution in [3.8, 4) is 0 Å². The van der Waals surface area contributed by atoms with Gasteiger partial charge in [-0.05, 0) is 26.7 Å². The number of carbonyl (C=O) groups excluding carboxylic acids is 1. The maximum absolute atomic E-state index is 11.8. The molecular formula is C11H20O2. The lowest BCUT2D eigenvalue weighted by molar-refractivity contribution is -0.119. The van der Waals surface area contributed by atoms with Crippen LogP contribution in [0.2, 0.25) is 0 Å². The molecule has 0 radical (unpaired) electrons. The highest BCUT2D eigenvalue weighted by atomic mass is 16.5. The Labute approximate surface area is 81.0 Å². The molecule has 0 aromatic rings. The van der Waals surface area contributed by atoms with Crippen LogP contribution in [0.5, 0.6) is 0 Å². The molecule has 0 aliphatic carbocycles. The van der Waals surface area contributed by atoms with Gasteiger partial charge < -0.3 is 4.74 Å². The fraction of sp³-hybridized carbons (Fsp3) is 0.727. The number of hydrogen-bond acceptors (Lipinski definition) is 2. The molecular weight excluding hydrogens is 164 g/mol. The molecule has 0 atom stereocenters. The van der Waals surface area contributed by atoms with E-state index in [-0.39, 0.29) is 11.7 Å². The molecule has 0 aromatic carbocycles. The average molecular weight is 184 g/mol. The predicted molar refractivity (Wildman–Crippen MR) is 54.5 cm³/mol. The van der Waals surface area contributed by atoms with Gasteiger partial charge >= 0.3 is 0 Å². The van der Waals surface area contributed by atoms with Gasteiger partial charge in [-0.2, -0.15) is 0 Å². The van der Waals surface area contributed by atoms with Crippen LogP contribution in [0, 0.1) is 5.92 Å². The van der Waals surface area contributed by atoms with E-state index in [1.807, 2.05) is 27.7 Å². The first-order valence-electron chi connectivity index (χ1n) is 4.84. The molecule has 2 nitrogen and oxygen atoms in total. The number of ketones is 1. The summed E-state index contributed by atoms with van der Waals surface area (Å²) in [6.45, 7) is 7.75. The van der Waals surface area contributed by atoms with Gasteiger partial charge in [-0.15, -0.1) is 0 Å². The Morgan fingerprint density at radius 2 is 1.69 bits per heavy atom. The van der Waals surface area contributed by atoms with E-state index in [1.54, 1.807) is 7.11 Å². The van der Waals surface area contributed by atoms with Crippen LogP contribution in [0.3, 0.4) is 0 Å². The molecule has 0 aliphatic heterocycles. The number of rotatable bonds is 5. The summed E-state index contributed by atoms with van der Waals surface area (Å²) in [5, 5.41) is 0. The lowest BCUT2D eigenvalue weighted by Gasteiger charge is -2.12. The molecule has 0 rings (SSSR count). The Morgan fingerprint density at radius 3 is 2.00 bits per heavy atom.